The smallest absolute Gasteiger partial charge is 0.311 e. The molecule has 0 aromatic heterocycles. The van der Waals surface area contributed by atoms with Crippen LogP contribution in [0.25, 0.3) is 0 Å². The first-order valence-corrected chi connectivity index (χ1v) is 7.20. The highest BCUT2D eigenvalue weighted by Crippen LogP contribution is 2.31. The van der Waals surface area contributed by atoms with Crippen molar-refractivity contribution in [2.24, 2.45) is 5.41 Å². The fourth-order valence-corrected chi connectivity index (χ4v) is 2.50. The van der Waals surface area contributed by atoms with Crippen LogP contribution in [0, 0.1) is 5.41 Å². The highest BCUT2D eigenvalue weighted by molar-refractivity contribution is 5.83. The van der Waals surface area contributed by atoms with Crippen LogP contribution in [0.1, 0.15) is 26.7 Å². The molecule has 1 aromatic carbocycles. The highest BCUT2D eigenvalue weighted by atomic mass is 16.5. The molecule has 1 saturated heterocycles. The van der Waals surface area contributed by atoms with Gasteiger partial charge >= 0.3 is 5.97 Å². The number of hydrogen-bond acceptors (Lipinski definition) is 3. The molecule has 0 saturated carbocycles. The molecule has 2 atom stereocenters. The fraction of sp³-hybridized carbons (Fsp3) is 0.500. The summed E-state index contributed by atoms with van der Waals surface area (Å²) < 4.78 is 5.73. The van der Waals surface area contributed by atoms with Crippen molar-refractivity contribution >= 4 is 11.9 Å². The number of carbonyl (C=O) groups excluding carboxylic acids is 1. The van der Waals surface area contributed by atoms with E-state index in [2.05, 4.69) is 0 Å². The van der Waals surface area contributed by atoms with Crippen LogP contribution in [0.3, 0.4) is 0 Å². The monoisotopic (exact) mass is 291 g/mol. The zero-order chi connectivity index (χ0) is 15.5. The molecule has 1 amide bonds. The number of ether oxygens (including phenoxy) is 1. The minimum absolute atomic E-state index is 0.133. The maximum Gasteiger partial charge on any atom is 0.311 e. The number of carbonyl (C=O) groups is 2. The van der Waals surface area contributed by atoms with E-state index in [0.29, 0.717) is 25.1 Å². The average Bonchev–Trinajstić information content (AvgIpc) is 2.89. The number of nitrogens with zero attached hydrogens (tertiary/aromatic N) is 1. The highest BCUT2D eigenvalue weighted by Gasteiger charge is 2.43. The van der Waals surface area contributed by atoms with Gasteiger partial charge in [0.15, 0.2) is 6.10 Å². The van der Waals surface area contributed by atoms with E-state index in [1.807, 2.05) is 25.1 Å². The molecule has 0 spiro atoms. The van der Waals surface area contributed by atoms with Gasteiger partial charge in [0.1, 0.15) is 5.75 Å². The van der Waals surface area contributed by atoms with Gasteiger partial charge in [-0.25, -0.2) is 0 Å². The van der Waals surface area contributed by atoms with E-state index >= 15 is 0 Å². The van der Waals surface area contributed by atoms with Crippen molar-refractivity contribution in [2.45, 2.75) is 32.8 Å². The van der Waals surface area contributed by atoms with Gasteiger partial charge in [-0.1, -0.05) is 25.1 Å². The Labute approximate surface area is 124 Å². The quantitative estimate of drug-likeness (QED) is 0.903. The van der Waals surface area contributed by atoms with Crippen molar-refractivity contribution < 1.29 is 19.4 Å². The predicted octanol–water partition coefficient (Wildman–Crippen LogP) is 2.17. The summed E-state index contributed by atoms with van der Waals surface area (Å²) in [4.78, 5) is 25.4. The van der Waals surface area contributed by atoms with Crippen LogP contribution in [0.15, 0.2) is 30.3 Å². The van der Waals surface area contributed by atoms with Crippen LogP contribution >= 0.6 is 0 Å². The molecule has 1 aromatic rings. The Balaban J connectivity index is 2.03. The zero-order valence-corrected chi connectivity index (χ0v) is 12.4. The SMILES string of the molecule is CCC(Oc1ccccc1)C(=O)N1CCC(C)(C(=O)O)C1. The van der Waals surface area contributed by atoms with E-state index in [1.54, 1.807) is 24.0 Å². The van der Waals surface area contributed by atoms with Gasteiger partial charge in [0.05, 0.1) is 5.41 Å². The average molecular weight is 291 g/mol. The van der Waals surface area contributed by atoms with Crippen molar-refractivity contribution in [3.8, 4) is 5.75 Å². The minimum Gasteiger partial charge on any atom is -0.481 e. The number of carboxylic acids is 1. The Kier molecular flexibility index (Phi) is 4.50. The molecule has 1 aliphatic rings. The topological polar surface area (TPSA) is 66.8 Å². The van der Waals surface area contributed by atoms with Gasteiger partial charge < -0.3 is 14.7 Å². The van der Waals surface area contributed by atoms with E-state index in [9.17, 15) is 14.7 Å². The molecule has 0 aliphatic carbocycles. The Morgan fingerprint density at radius 1 is 1.38 bits per heavy atom. The minimum atomic E-state index is -0.852. The van der Waals surface area contributed by atoms with Gasteiger partial charge in [-0.15, -0.1) is 0 Å². The molecule has 5 nitrogen and oxygen atoms in total. The fourth-order valence-electron chi connectivity index (χ4n) is 2.50. The second-order valence-electron chi connectivity index (χ2n) is 5.70. The van der Waals surface area contributed by atoms with E-state index < -0.39 is 17.5 Å². The molecule has 1 N–H and O–H groups in total. The lowest BCUT2D eigenvalue weighted by Crippen LogP contribution is -2.42. The number of hydrogen-bond donors (Lipinski definition) is 1. The molecule has 2 rings (SSSR count). The number of amides is 1. The molecule has 21 heavy (non-hydrogen) atoms. The summed E-state index contributed by atoms with van der Waals surface area (Å²) in [5.41, 5.74) is -0.847. The van der Waals surface area contributed by atoms with Gasteiger partial charge in [-0.2, -0.15) is 0 Å². The van der Waals surface area contributed by atoms with Crippen LogP contribution in [-0.4, -0.2) is 41.1 Å². The third kappa shape index (κ3) is 3.35. The van der Waals surface area contributed by atoms with Crippen molar-refractivity contribution in [3.05, 3.63) is 30.3 Å². The molecule has 0 bridgehead atoms. The lowest BCUT2D eigenvalue weighted by molar-refractivity contribution is -0.148. The van der Waals surface area contributed by atoms with Gasteiger partial charge in [0.25, 0.3) is 5.91 Å². The molecule has 5 heteroatoms. The van der Waals surface area contributed by atoms with Crippen molar-refractivity contribution in [2.75, 3.05) is 13.1 Å². The summed E-state index contributed by atoms with van der Waals surface area (Å²) in [7, 11) is 0. The first kappa shape index (κ1) is 15.4. The second-order valence-corrected chi connectivity index (χ2v) is 5.70. The van der Waals surface area contributed by atoms with Crippen molar-refractivity contribution in [1.82, 2.24) is 4.90 Å². The Bertz CT molecular complexity index is 516. The van der Waals surface area contributed by atoms with E-state index in [4.69, 9.17) is 4.74 Å². The van der Waals surface area contributed by atoms with Crippen LogP contribution in [0.4, 0.5) is 0 Å². The van der Waals surface area contributed by atoms with Crippen LogP contribution in [0.5, 0.6) is 5.75 Å². The summed E-state index contributed by atoms with van der Waals surface area (Å²) >= 11 is 0. The summed E-state index contributed by atoms with van der Waals surface area (Å²) in [6.07, 6.45) is 0.465. The van der Waals surface area contributed by atoms with E-state index in [0.717, 1.165) is 0 Å². The summed E-state index contributed by atoms with van der Waals surface area (Å²) in [5.74, 6) is -0.334. The Morgan fingerprint density at radius 3 is 2.57 bits per heavy atom. The standard InChI is InChI=1S/C16H21NO4/c1-3-13(21-12-7-5-4-6-8-12)14(18)17-10-9-16(2,11-17)15(19)20/h4-8,13H,3,9-11H2,1-2H3,(H,19,20). The third-order valence-corrected chi connectivity index (χ3v) is 3.97. The van der Waals surface area contributed by atoms with Gasteiger partial charge in [0.2, 0.25) is 0 Å². The lowest BCUT2D eigenvalue weighted by atomic mass is 9.90. The predicted molar refractivity (Wildman–Crippen MR) is 78.1 cm³/mol. The van der Waals surface area contributed by atoms with Gasteiger partial charge in [-0.05, 0) is 31.9 Å². The van der Waals surface area contributed by atoms with Crippen LogP contribution in [0.2, 0.25) is 0 Å². The largest absolute Gasteiger partial charge is 0.481 e. The van der Waals surface area contributed by atoms with Crippen molar-refractivity contribution in [1.29, 1.82) is 0 Å². The van der Waals surface area contributed by atoms with Crippen LogP contribution < -0.4 is 4.74 Å². The Morgan fingerprint density at radius 2 is 2.05 bits per heavy atom. The third-order valence-electron chi connectivity index (χ3n) is 3.97. The summed E-state index contributed by atoms with van der Waals surface area (Å²) in [6, 6.07) is 9.20. The molecule has 0 radical (unpaired) electrons. The van der Waals surface area contributed by atoms with E-state index in [1.165, 1.54) is 0 Å². The molecular formula is C16H21NO4. The molecule has 1 fully saturated rings. The number of likely N-dealkylation sites (tertiary alicyclic amines) is 1. The molecule has 1 heterocycles. The van der Waals surface area contributed by atoms with Crippen molar-refractivity contribution in [3.63, 3.8) is 0 Å². The Hall–Kier alpha value is -2.04. The van der Waals surface area contributed by atoms with Crippen LogP contribution in [-0.2, 0) is 9.59 Å². The molecule has 1 aliphatic heterocycles. The normalized spacial score (nSPS) is 22.9. The lowest BCUT2D eigenvalue weighted by Gasteiger charge is -2.25. The first-order valence-electron chi connectivity index (χ1n) is 7.20. The second kappa shape index (κ2) is 6.16. The first-order chi connectivity index (χ1) is 9.96. The molecule has 114 valence electrons. The number of rotatable bonds is 5. The molecule has 2 unspecified atom stereocenters. The summed E-state index contributed by atoms with van der Waals surface area (Å²) in [5, 5.41) is 9.23. The maximum absolute atomic E-state index is 12.5. The number of para-hydroxylation sites is 1. The van der Waals surface area contributed by atoms with Gasteiger partial charge in [0, 0.05) is 13.1 Å². The van der Waals surface area contributed by atoms with E-state index in [-0.39, 0.29) is 12.5 Å². The maximum atomic E-state index is 12.5. The number of benzene rings is 1. The molecular weight excluding hydrogens is 270 g/mol. The number of carboxylic acid groups (broad SMARTS) is 1. The van der Waals surface area contributed by atoms with Gasteiger partial charge in [-0.3, -0.25) is 9.59 Å². The zero-order valence-electron chi connectivity index (χ0n) is 12.4. The number of aliphatic carboxylic acids is 1. The summed E-state index contributed by atoms with van der Waals surface area (Å²) in [6.45, 7) is 4.28.